The number of methoxy groups -OCH3 is 2. The van der Waals surface area contributed by atoms with Crippen LogP contribution in [0.15, 0.2) is 57.7 Å². The van der Waals surface area contributed by atoms with Gasteiger partial charge in [-0.25, -0.2) is 0 Å². The molecule has 0 amide bonds. The Labute approximate surface area is 163 Å². The molecule has 4 rings (SSSR count). The SMILES string of the molecule is COc1ccccc1N1CCN(Cc2cc(=O)c3c(OC)cccc3o2)CC1. The van der Waals surface area contributed by atoms with E-state index in [0.29, 0.717) is 29.0 Å². The molecule has 2 aromatic carbocycles. The Morgan fingerprint density at radius 1 is 0.929 bits per heavy atom. The van der Waals surface area contributed by atoms with Crippen molar-refractivity contribution in [3.8, 4) is 11.5 Å². The third kappa shape index (κ3) is 3.55. The highest BCUT2D eigenvalue weighted by atomic mass is 16.5. The van der Waals surface area contributed by atoms with Crippen LogP contribution in [0.25, 0.3) is 11.0 Å². The van der Waals surface area contributed by atoms with Gasteiger partial charge in [0.2, 0.25) is 0 Å². The van der Waals surface area contributed by atoms with E-state index in [2.05, 4.69) is 15.9 Å². The number of hydrogen-bond donors (Lipinski definition) is 0. The van der Waals surface area contributed by atoms with Crippen molar-refractivity contribution in [2.45, 2.75) is 6.54 Å². The summed E-state index contributed by atoms with van der Waals surface area (Å²) in [6, 6.07) is 15.1. The van der Waals surface area contributed by atoms with E-state index in [-0.39, 0.29) is 5.43 Å². The van der Waals surface area contributed by atoms with Crippen LogP contribution in [0.4, 0.5) is 5.69 Å². The topological polar surface area (TPSA) is 55.2 Å². The van der Waals surface area contributed by atoms with Crippen molar-refractivity contribution in [2.24, 2.45) is 0 Å². The lowest BCUT2D eigenvalue weighted by Crippen LogP contribution is -2.46. The lowest BCUT2D eigenvalue weighted by molar-refractivity contribution is 0.231. The quantitative estimate of drug-likeness (QED) is 0.678. The normalized spacial score (nSPS) is 15.0. The molecule has 6 heteroatoms. The number of anilines is 1. The lowest BCUT2D eigenvalue weighted by atomic mass is 10.2. The van der Waals surface area contributed by atoms with Crippen LogP contribution in [0.3, 0.4) is 0 Å². The van der Waals surface area contributed by atoms with E-state index in [1.54, 1.807) is 26.4 Å². The molecule has 0 spiro atoms. The minimum atomic E-state index is -0.0682. The molecule has 0 atom stereocenters. The summed E-state index contributed by atoms with van der Waals surface area (Å²) in [5.41, 5.74) is 1.62. The second-order valence-corrected chi connectivity index (χ2v) is 6.85. The minimum absolute atomic E-state index is 0.0682. The Balaban J connectivity index is 1.47. The first-order valence-corrected chi connectivity index (χ1v) is 9.39. The average molecular weight is 380 g/mol. The number of nitrogens with zero attached hydrogens (tertiary/aromatic N) is 2. The van der Waals surface area contributed by atoms with Gasteiger partial charge < -0.3 is 18.8 Å². The Hall–Kier alpha value is -2.99. The van der Waals surface area contributed by atoms with Gasteiger partial charge >= 0.3 is 0 Å². The number of hydrogen-bond acceptors (Lipinski definition) is 6. The molecule has 146 valence electrons. The fraction of sp³-hybridized carbons (Fsp3) is 0.318. The van der Waals surface area contributed by atoms with Crippen LogP contribution >= 0.6 is 0 Å². The van der Waals surface area contributed by atoms with E-state index >= 15 is 0 Å². The lowest BCUT2D eigenvalue weighted by Gasteiger charge is -2.36. The zero-order valence-corrected chi connectivity index (χ0v) is 16.2. The molecule has 0 unspecified atom stereocenters. The highest BCUT2D eigenvalue weighted by molar-refractivity contribution is 5.83. The van der Waals surface area contributed by atoms with E-state index in [1.807, 2.05) is 30.3 Å². The number of fused-ring (bicyclic) bond motifs is 1. The first kappa shape index (κ1) is 18.4. The van der Waals surface area contributed by atoms with E-state index in [1.165, 1.54) is 0 Å². The smallest absolute Gasteiger partial charge is 0.196 e. The maximum absolute atomic E-state index is 12.5. The van der Waals surface area contributed by atoms with E-state index in [9.17, 15) is 4.79 Å². The standard InChI is InChI=1S/C22H24N2O4/c1-26-19-7-4-3-6-17(19)24-12-10-23(11-13-24)15-16-14-18(25)22-20(27-2)8-5-9-21(22)28-16/h3-9,14H,10-13,15H2,1-2H3. The van der Waals surface area contributed by atoms with Crippen molar-refractivity contribution >= 4 is 16.7 Å². The highest BCUT2D eigenvalue weighted by Crippen LogP contribution is 2.29. The summed E-state index contributed by atoms with van der Waals surface area (Å²) in [5, 5.41) is 0.495. The van der Waals surface area contributed by atoms with Gasteiger partial charge in [0, 0.05) is 32.2 Å². The second kappa shape index (κ2) is 7.94. The summed E-state index contributed by atoms with van der Waals surface area (Å²) < 4.78 is 16.7. The molecule has 0 bridgehead atoms. The monoisotopic (exact) mass is 380 g/mol. The second-order valence-electron chi connectivity index (χ2n) is 6.85. The summed E-state index contributed by atoms with van der Waals surface area (Å²) in [7, 11) is 3.26. The van der Waals surface area contributed by atoms with Crippen LogP contribution in [0.2, 0.25) is 0 Å². The Morgan fingerprint density at radius 3 is 2.39 bits per heavy atom. The Morgan fingerprint density at radius 2 is 1.64 bits per heavy atom. The predicted octanol–water partition coefficient (Wildman–Crippen LogP) is 3.13. The predicted molar refractivity (Wildman–Crippen MR) is 110 cm³/mol. The molecule has 28 heavy (non-hydrogen) atoms. The van der Waals surface area contributed by atoms with E-state index in [4.69, 9.17) is 13.9 Å². The fourth-order valence-electron chi connectivity index (χ4n) is 3.73. The molecule has 1 aliphatic rings. The van der Waals surface area contributed by atoms with Crippen molar-refractivity contribution in [1.29, 1.82) is 0 Å². The number of piperazine rings is 1. The molecule has 3 aromatic rings. The number of ether oxygens (including phenoxy) is 2. The van der Waals surface area contributed by atoms with Gasteiger partial charge in [0.15, 0.2) is 5.43 Å². The van der Waals surface area contributed by atoms with Crippen LogP contribution in [-0.2, 0) is 6.54 Å². The summed E-state index contributed by atoms with van der Waals surface area (Å²) in [5.74, 6) is 2.12. The largest absolute Gasteiger partial charge is 0.496 e. The molecule has 1 aliphatic heterocycles. The molecule has 6 nitrogen and oxygen atoms in total. The van der Waals surface area contributed by atoms with Gasteiger partial charge in [-0.2, -0.15) is 0 Å². The highest BCUT2D eigenvalue weighted by Gasteiger charge is 2.20. The molecule has 1 saturated heterocycles. The average Bonchev–Trinajstić information content (AvgIpc) is 2.73. The molecule has 0 N–H and O–H groups in total. The third-order valence-electron chi connectivity index (χ3n) is 5.17. The fourth-order valence-corrected chi connectivity index (χ4v) is 3.73. The maximum atomic E-state index is 12.5. The first-order chi connectivity index (χ1) is 13.7. The van der Waals surface area contributed by atoms with Crippen LogP contribution in [-0.4, -0.2) is 45.3 Å². The maximum Gasteiger partial charge on any atom is 0.196 e. The summed E-state index contributed by atoms with van der Waals surface area (Å²) >= 11 is 0. The molecule has 1 aromatic heterocycles. The van der Waals surface area contributed by atoms with Gasteiger partial charge in [-0.15, -0.1) is 0 Å². The van der Waals surface area contributed by atoms with Crippen molar-refractivity contribution in [2.75, 3.05) is 45.3 Å². The Kier molecular flexibility index (Phi) is 5.21. The number of para-hydroxylation sites is 2. The minimum Gasteiger partial charge on any atom is -0.496 e. The van der Waals surface area contributed by atoms with Gasteiger partial charge in [-0.3, -0.25) is 9.69 Å². The zero-order chi connectivity index (χ0) is 19.5. The summed E-state index contributed by atoms with van der Waals surface area (Å²) in [4.78, 5) is 17.2. The summed E-state index contributed by atoms with van der Waals surface area (Å²) in [6.45, 7) is 4.18. The van der Waals surface area contributed by atoms with E-state index < -0.39 is 0 Å². The molecule has 0 saturated carbocycles. The number of benzene rings is 2. The molecular weight excluding hydrogens is 356 g/mol. The Bertz CT molecular complexity index is 1020. The van der Waals surface area contributed by atoms with Gasteiger partial charge in [0.05, 0.1) is 26.5 Å². The van der Waals surface area contributed by atoms with Crippen molar-refractivity contribution < 1.29 is 13.9 Å². The van der Waals surface area contributed by atoms with Crippen molar-refractivity contribution in [3.63, 3.8) is 0 Å². The van der Waals surface area contributed by atoms with Crippen LogP contribution in [0.1, 0.15) is 5.76 Å². The van der Waals surface area contributed by atoms with Gasteiger partial charge in [0.1, 0.15) is 28.2 Å². The van der Waals surface area contributed by atoms with Gasteiger partial charge in [-0.1, -0.05) is 18.2 Å². The molecular formula is C22H24N2O4. The third-order valence-corrected chi connectivity index (χ3v) is 5.17. The first-order valence-electron chi connectivity index (χ1n) is 9.39. The van der Waals surface area contributed by atoms with Crippen molar-refractivity contribution in [1.82, 2.24) is 4.90 Å². The van der Waals surface area contributed by atoms with Gasteiger partial charge in [-0.05, 0) is 24.3 Å². The van der Waals surface area contributed by atoms with Crippen LogP contribution < -0.4 is 19.8 Å². The van der Waals surface area contributed by atoms with Crippen molar-refractivity contribution in [3.05, 3.63) is 64.5 Å². The zero-order valence-electron chi connectivity index (χ0n) is 16.2. The number of rotatable bonds is 5. The molecule has 2 heterocycles. The molecule has 0 aliphatic carbocycles. The molecule has 0 radical (unpaired) electrons. The van der Waals surface area contributed by atoms with Crippen LogP contribution in [0, 0.1) is 0 Å². The van der Waals surface area contributed by atoms with Crippen LogP contribution in [0.5, 0.6) is 11.5 Å². The van der Waals surface area contributed by atoms with Gasteiger partial charge in [0.25, 0.3) is 0 Å². The molecule has 1 fully saturated rings. The van der Waals surface area contributed by atoms with E-state index in [0.717, 1.165) is 37.6 Å². The summed E-state index contributed by atoms with van der Waals surface area (Å²) in [6.07, 6.45) is 0.